The first-order valence-corrected chi connectivity index (χ1v) is 8.77. The zero-order valence-electron chi connectivity index (χ0n) is 14.8. The van der Waals surface area contributed by atoms with Gasteiger partial charge in [-0.1, -0.05) is 30.3 Å². The van der Waals surface area contributed by atoms with Gasteiger partial charge < -0.3 is 14.4 Å². The standard InChI is InChI=1S/C22H17N3O3/c23-14-18-19(20(22(27)24-21(18)26)25-12-4-5-13-25)15-8-10-17(11-9-15)28-16-6-2-1-3-7-16/h1-13,19-20,26H,(H,24,27)/t19-,20+/m0/s1. The molecule has 28 heavy (non-hydrogen) atoms. The molecular weight excluding hydrogens is 354 g/mol. The molecule has 0 saturated heterocycles. The van der Waals surface area contributed by atoms with E-state index in [-0.39, 0.29) is 11.5 Å². The number of ether oxygens (including phenoxy) is 1. The Labute approximate surface area is 161 Å². The maximum atomic E-state index is 12.6. The van der Waals surface area contributed by atoms with Crippen molar-refractivity contribution in [1.82, 2.24) is 9.88 Å². The molecule has 0 fully saturated rings. The van der Waals surface area contributed by atoms with Crippen LogP contribution in [0, 0.1) is 11.3 Å². The molecule has 2 aromatic carbocycles. The van der Waals surface area contributed by atoms with Crippen molar-refractivity contribution in [2.75, 3.05) is 0 Å². The zero-order chi connectivity index (χ0) is 19.5. The number of allylic oxidation sites excluding steroid dienone is 1. The summed E-state index contributed by atoms with van der Waals surface area (Å²) < 4.78 is 7.54. The second-order valence-corrected chi connectivity index (χ2v) is 6.40. The molecule has 138 valence electrons. The van der Waals surface area contributed by atoms with Gasteiger partial charge >= 0.3 is 0 Å². The van der Waals surface area contributed by atoms with Crippen LogP contribution in [0.5, 0.6) is 11.5 Å². The molecule has 0 aliphatic carbocycles. The van der Waals surface area contributed by atoms with Crippen LogP contribution in [-0.2, 0) is 4.79 Å². The number of benzene rings is 2. The number of para-hydroxylation sites is 1. The van der Waals surface area contributed by atoms with E-state index in [9.17, 15) is 15.2 Å². The number of nitrogens with zero attached hydrogens (tertiary/aromatic N) is 2. The number of rotatable bonds is 4. The lowest BCUT2D eigenvalue weighted by atomic mass is 9.82. The minimum atomic E-state index is -0.679. The van der Waals surface area contributed by atoms with E-state index in [0.717, 1.165) is 5.56 Å². The van der Waals surface area contributed by atoms with Crippen molar-refractivity contribution in [3.8, 4) is 17.6 Å². The van der Waals surface area contributed by atoms with Gasteiger partial charge in [-0.05, 0) is 42.0 Å². The number of carbonyl (C=O) groups is 1. The van der Waals surface area contributed by atoms with Crippen LogP contribution in [0.4, 0.5) is 0 Å². The lowest BCUT2D eigenvalue weighted by molar-refractivity contribution is -0.125. The highest BCUT2D eigenvalue weighted by Crippen LogP contribution is 2.39. The highest BCUT2D eigenvalue weighted by atomic mass is 16.5. The van der Waals surface area contributed by atoms with Gasteiger partial charge in [-0.15, -0.1) is 0 Å². The lowest BCUT2D eigenvalue weighted by Crippen LogP contribution is -2.41. The number of aliphatic hydroxyl groups excluding tert-OH is 1. The Bertz CT molecular complexity index is 1050. The number of hydrogen-bond acceptors (Lipinski definition) is 4. The largest absolute Gasteiger partial charge is 0.494 e. The van der Waals surface area contributed by atoms with Crippen LogP contribution in [0.15, 0.2) is 90.6 Å². The fraction of sp³-hybridized carbons (Fsp3) is 0.0909. The average molecular weight is 371 g/mol. The van der Waals surface area contributed by atoms with Gasteiger partial charge in [0.2, 0.25) is 5.88 Å². The molecular formula is C22H17N3O3. The lowest BCUT2D eigenvalue weighted by Gasteiger charge is -2.31. The third kappa shape index (κ3) is 3.21. The van der Waals surface area contributed by atoms with Gasteiger partial charge in [0, 0.05) is 12.4 Å². The zero-order valence-corrected chi connectivity index (χ0v) is 14.8. The second-order valence-electron chi connectivity index (χ2n) is 6.40. The molecule has 0 unspecified atom stereocenters. The van der Waals surface area contributed by atoms with Crippen molar-refractivity contribution < 1.29 is 14.6 Å². The van der Waals surface area contributed by atoms with Crippen molar-refractivity contribution in [3.05, 3.63) is 96.1 Å². The van der Waals surface area contributed by atoms with Crippen molar-refractivity contribution in [3.63, 3.8) is 0 Å². The molecule has 1 aliphatic rings. The number of hydrogen-bond donors (Lipinski definition) is 2. The van der Waals surface area contributed by atoms with Gasteiger partial charge in [-0.3, -0.25) is 10.1 Å². The highest BCUT2D eigenvalue weighted by molar-refractivity contribution is 5.85. The van der Waals surface area contributed by atoms with Gasteiger partial charge in [0.25, 0.3) is 5.91 Å². The maximum absolute atomic E-state index is 12.6. The van der Waals surface area contributed by atoms with Gasteiger partial charge in [0.05, 0.1) is 11.5 Å². The third-order valence-electron chi connectivity index (χ3n) is 4.68. The van der Waals surface area contributed by atoms with Crippen molar-refractivity contribution in [1.29, 1.82) is 5.26 Å². The smallest absolute Gasteiger partial charge is 0.250 e. The Morgan fingerprint density at radius 1 is 0.964 bits per heavy atom. The molecule has 0 spiro atoms. The van der Waals surface area contributed by atoms with E-state index in [4.69, 9.17) is 4.74 Å². The third-order valence-corrected chi connectivity index (χ3v) is 4.68. The van der Waals surface area contributed by atoms with Crippen LogP contribution in [0.3, 0.4) is 0 Å². The quantitative estimate of drug-likeness (QED) is 0.725. The van der Waals surface area contributed by atoms with Crippen LogP contribution >= 0.6 is 0 Å². The van der Waals surface area contributed by atoms with Crippen LogP contribution in [-0.4, -0.2) is 15.6 Å². The molecule has 6 nitrogen and oxygen atoms in total. The Morgan fingerprint density at radius 2 is 1.61 bits per heavy atom. The van der Waals surface area contributed by atoms with Gasteiger partial charge in [-0.2, -0.15) is 5.26 Å². The molecule has 4 rings (SSSR count). The summed E-state index contributed by atoms with van der Waals surface area (Å²) in [6.45, 7) is 0. The van der Waals surface area contributed by atoms with Crippen LogP contribution in [0.25, 0.3) is 0 Å². The van der Waals surface area contributed by atoms with Crippen molar-refractivity contribution >= 4 is 5.91 Å². The molecule has 0 saturated carbocycles. The summed E-state index contributed by atoms with van der Waals surface area (Å²) in [6, 6.07) is 21.6. The first kappa shape index (κ1) is 17.4. The monoisotopic (exact) mass is 371 g/mol. The number of aliphatic hydroxyl groups is 1. The molecule has 1 aromatic heterocycles. The topological polar surface area (TPSA) is 87.3 Å². The molecule has 2 atom stereocenters. The fourth-order valence-electron chi connectivity index (χ4n) is 3.39. The summed E-state index contributed by atoms with van der Waals surface area (Å²) in [5.74, 6) is -0.0306. The summed E-state index contributed by atoms with van der Waals surface area (Å²) in [5.41, 5.74) is 0.854. The number of amides is 1. The molecule has 3 aromatic rings. The summed E-state index contributed by atoms with van der Waals surface area (Å²) in [6.07, 6.45) is 3.53. The molecule has 1 aliphatic heterocycles. The predicted octanol–water partition coefficient (Wildman–Crippen LogP) is 4.03. The first-order valence-electron chi connectivity index (χ1n) is 8.77. The minimum Gasteiger partial charge on any atom is -0.494 e. The summed E-state index contributed by atoms with van der Waals surface area (Å²) in [5, 5.41) is 22.1. The van der Waals surface area contributed by atoms with E-state index in [1.54, 1.807) is 29.1 Å². The normalized spacial score (nSPS) is 19.0. The Kier molecular flexibility index (Phi) is 4.56. The number of nitrogens with one attached hydrogen (secondary N) is 1. The van der Waals surface area contributed by atoms with E-state index in [1.165, 1.54) is 0 Å². The predicted molar refractivity (Wildman–Crippen MR) is 103 cm³/mol. The second kappa shape index (κ2) is 7.33. The van der Waals surface area contributed by atoms with Gasteiger partial charge in [-0.25, -0.2) is 0 Å². The average Bonchev–Trinajstić information content (AvgIpc) is 3.23. The van der Waals surface area contributed by atoms with E-state index in [0.29, 0.717) is 11.5 Å². The van der Waals surface area contributed by atoms with Crippen LogP contribution in [0.2, 0.25) is 0 Å². The van der Waals surface area contributed by atoms with Crippen LogP contribution < -0.4 is 10.1 Å². The van der Waals surface area contributed by atoms with Crippen molar-refractivity contribution in [2.24, 2.45) is 0 Å². The summed E-state index contributed by atoms with van der Waals surface area (Å²) >= 11 is 0. The van der Waals surface area contributed by atoms with Crippen molar-refractivity contribution in [2.45, 2.75) is 12.0 Å². The molecule has 2 N–H and O–H groups in total. The van der Waals surface area contributed by atoms with Gasteiger partial charge in [0.15, 0.2) is 0 Å². The van der Waals surface area contributed by atoms with E-state index < -0.39 is 17.8 Å². The molecule has 6 heteroatoms. The Hall–Kier alpha value is -3.98. The molecule has 1 amide bonds. The van der Waals surface area contributed by atoms with Crippen LogP contribution in [0.1, 0.15) is 17.5 Å². The first-order chi connectivity index (χ1) is 13.7. The van der Waals surface area contributed by atoms with E-state index in [2.05, 4.69) is 5.32 Å². The number of aromatic nitrogens is 1. The van der Waals surface area contributed by atoms with Gasteiger partial charge in [0.1, 0.15) is 23.6 Å². The number of nitriles is 1. The minimum absolute atomic E-state index is 0.120. The van der Waals surface area contributed by atoms with E-state index >= 15 is 0 Å². The Morgan fingerprint density at radius 3 is 2.25 bits per heavy atom. The summed E-state index contributed by atoms with van der Waals surface area (Å²) in [7, 11) is 0. The SMILES string of the molecule is N#CC1=C(O)NC(=O)[C@H](n2cccc2)[C@H]1c1ccc(Oc2ccccc2)cc1. The fourth-order valence-corrected chi connectivity index (χ4v) is 3.39. The van der Waals surface area contributed by atoms with E-state index in [1.807, 2.05) is 60.7 Å². The molecule has 0 radical (unpaired) electrons. The highest BCUT2D eigenvalue weighted by Gasteiger charge is 2.40. The molecule has 0 bridgehead atoms. The molecule has 2 heterocycles. The maximum Gasteiger partial charge on any atom is 0.250 e. The summed E-state index contributed by atoms with van der Waals surface area (Å²) in [4.78, 5) is 12.6. The Balaban J connectivity index is 1.70. The number of carbonyl (C=O) groups excluding carboxylic acids is 1.